The Hall–Kier alpha value is -2.44. The van der Waals surface area contributed by atoms with E-state index in [9.17, 15) is 9.18 Å². The lowest BCUT2D eigenvalue weighted by Gasteiger charge is -2.48. The molecule has 2 fully saturated rings. The van der Waals surface area contributed by atoms with Gasteiger partial charge in [0.2, 0.25) is 0 Å². The zero-order valence-electron chi connectivity index (χ0n) is 15.1. The molecule has 0 aliphatic carbocycles. The van der Waals surface area contributed by atoms with Crippen molar-refractivity contribution in [3.63, 3.8) is 0 Å². The average Bonchev–Trinajstić information content (AvgIpc) is 2.72. The third kappa shape index (κ3) is 4.12. The van der Waals surface area contributed by atoms with E-state index in [0.29, 0.717) is 32.1 Å². The molecule has 2 heterocycles. The number of ether oxygens (including phenoxy) is 2. The number of rotatable bonds is 4. The predicted molar refractivity (Wildman–Crippen MR) is 99.0 cm³/mol. The zero-order chi connectivity index (χ0) is 18.6. The third-order valence-electron chi connectivity index (χ3n) is 5.21. The molecule has 2 aromatic carbocycles. The number of hydrogen-bond donors (Lipinski definition) is 0. The number of nitrogens with zero attached hydrogens (tertiary/aromatic N) is 2. The fourth-order valence-electron chi connectivity index (χ4n) is 3.82. The first kappa shape index (κ1) is 17.9. The van der Waals surface area contributed by atoms with Gasteiger partial charge in [0, 0.05) is 25.7 Å². The smallest absolute Gasteiger partial charge is 0.260 e. The largest absolute Gasteiger partial charge is 0.484 e. The maximum atomic E-state index is 13.2. The summed E-state index contributed by atoms with van der Waals surface area (Å²) in [6.07, 6.45) is 0. The summed E-state index contributed by atoms with van der Waals surface area (Å²) in [6.45, 7) is 3.30. The molecule has 2 aliphatic heterocycles. The Bertz CT molecular complexity index is 786. The Kier molecular flexibility index (Phi) is 5.36. The maximum absolute atomic E-state index is 13.2. The molecular formula is C21H23FN2O3. The number of carbonyl (C=O) groups is 1. The lowest BCUT2D eigenvalue weighted by Crippen LogP contribution is -2.60. The molecule has 2 atom stereocenters. The second kappa shape index (κ2) is 8.06. The van der Waals surface area contributed by atoms with Crippen LogP contribution in [0.1, 0.15) is 11.6 Å². The van der Waals surface area contributed by atoms with E-state index < -0.39 is 0 Å². The van der Waals surface area contributed by atoms with Crippen LogP contribution in [0.3, 0.4) is 0 Å². The minimum Gasteiger partial charge on any atom is -0.484 e. The van der Waals surface area contributed by atoms with Crippen molar-refractivity contribution < 1.29 is 18.7 Å². The molecule has 0 spiro atoms. The number of fused-ring (bicyclic) bond motifs is 1. The van der Waals surface area contributed by atoms with Crippen LogP contribution in [0.25, 0.3) is 0 Å². The summed E-state index contributed by atoms with van der Waals surface area (Å²) in [4.78, 5) is 16.8. The molecule has 142 valence electrons. The molecular weight excluding hydrogens is 347 g/mol. The molecule has 27 heavy (non-hydrogen) atoms. The highest BCUT2D eigenvalue weighted by atomic mass is 19.1. The number of morpholine rings is 1. The van der Waals surface area contributed by atoms with Crippen molar-refractivity contribution >= 4 is 5.91 Å². The van der Waals surface area contributed by atoms with Crippen molar-refractivity contribution in [2.75, 3.05) is 39.5 Å². The SMILES string of the molecule is O=C(COc1cccc(F)c1)N1CCN2[C@@H](COC[C@@H]2c2ccccc2)C1. The fraction of sp³-hybridized carbons (Fsp3) is 0.381. The first-order valence-electron chi connectivity index (χ1n) is 9.25. The molecule has 6 heteroatoms. The summed E-state index contributed by atoms with van der Waals surface area (Å²) in [5, 5.41) is 0. The molecule has 0 radical (unpaired) electrons. The number of amides is 1. The number of benzene rings is 2. The Morgan fingerprint density at radius 2 is 1.96 bits per heavy atom. The van der Waals surface area contributed by atoms with Crippen LogP contribution in [-0.4, -0.2) is 61.2 Å². The molecule has 2 saturated heterocycles. The van der Waals surface area contributed by atoms with Gasteiger partial charge in [-0.05, 0) is 17.7 Å². The van der Waals surface area contributed by atoms with Gasteiger partial charge < -0.3 is 14.4 Å². The van der Waals surface area contributed by atoms with E-state index in [-0.39, 0.29) is 30.4 Å². The van der Waals surface area contributed by atoms with E-state index in [2.05, 4.69) is 17.0 Å². The van der Waals surface area contributed by atoms with E-state index in [0.717, 1.165) is 6.54 Å². The van der Waals surface area contributed by atoms with Gasteiger partial charge in [0.05, 0.1) is 25.3 Å². The summed E-state index contributed by atoms with van der Waals surface area (Å²) >= 11 is 0. The Morgan fingerprint density at radius 3 is 2.78 bits per heavy atom. The Labute approximate surface area is 158 Å². The van der Waals surface area contributed by atoms with E-state index in [4.69, 9.17) is 9.47 Å². The lowest BCUT2D eigenvalue weighted by atomic mass is 10.00. The summed E-state index contributed by atoms with van der Waals surface area (Å²) < 4.78 is 24.5. The van der Waals surface area contributed by atoms with Crippen LogP contribution >= 0.6 is 0 Å². The average molecular weight is 370 g/mol. The molecule has 1 amide bonds. The van der Waals surface area contributed by atoms with Gasteiger partial charge in [0.1, 0.15) is 11.6 Å². The fourth-order valence-corrected chi connectivity index (χ4v) is 3.82. The van der Waals surface area contributed by atoms with Crippen LogP contribution in [-0.2, 0) is 9.53 Å². The van der Waals surface area contributed by atoms with Crippen LogP contribution in [0.5, 0.6) is 5.75 Å². The second-order valence-electron chi connectivity index (χ2n) is 6.94. The van der Waals surface area contributed by atoms with Gasteiger partial charge in [0.15, 0.2) is 6.61 Å². The normalized spacial score (nSPS) is 22.9. The summed E-state index contributed by atoms with van der Waals surface area (Å²) in [7, 11) is 0. The molecule has 2 aromatic rings. The molecule has 4 rings (SSSR count). The molecule has 0 N–H and O–H groups in total. The van der Waals surface area contributed by atoms with Crippen LogP contribution in [0.2, 0.25) is 0 Å². The topological polar surface area (TPSA) is 42.0 Å². The predicted octanol–water partition coefficient (Wildman–Crippen LogP) is 2.49. The van der Waals surface area contributed by atoms with E-state index >= 15 is 0 Å². The lowest BCUT2D eigenvalue weighted by molar-refractivity contribution is -0.142. The second-order valence-corrected chi connectivity index (χ2v) is 6.94. The van der Waals surface area contributed by atoms with Gasteiger partial charge in [-0.3, -0.25) is 9.69 Å². The Morgan fingerprint density at radius 1 is 1.11 bits per heavy atom. The van der Waals surface area contributed by atoms with Crippen molar-refractivity contribution in [1.82, 2.24) is 9.80 Å². The molecule has 2 aliphatic rings. The van der Waals surface area contributed by atoms with Crippen molar-refractivity contribution in [2.24, 2.45) is 0 Å². The maximum Gasteiger partial charge on any atom is 0.260 e. The van der Waals surface area contributed by atoms with Crippen molar-refractivity contribution in [2.45, 2.75) is 12.1 Å². The number of carbonyl (C=O) groups excluding carboxylic acids is 1. The summed E-state index contributed by atoms with van der Waals surface area (Å²) in [5.74, 6) is -0.0901. The number of halogens is 1. The zero-order valence-corrected chi connectivity index (χ0v) is 15.1. The number of hydrogen-bond acceptors (Lipinski definition) is 4. The van der Waals surface area contributed by atoms with Gasteiger partial charge in [-0.1, -0.05) is 36.4 Å². The van der Waals surface area contributed by atoms with Gasteiger partial charge >= 0.3 is 0 Å². The van der Waals surface area contributed by atoms with E-state index in [1.54, 1.807) is 12.1 Å². The molecule has 0 aromatic heterocycles. The highest BCUT2D eigenvalue weighted by molar-refractivity contribution is 5.78. The minimum absolute atomic E-state index is 0.0826. The van der Waals surface area contributed by atoms with Gasteiger partial charge in [-0.25, -0.2) is 4.39 Å². The summed E-state index contributed by atoms with van der Waals surface area (Å²) in [5.41, 5.74) is 1.25. The monoisotopic (exact) mass is 370 g/mol. The first-order chi connectivity index (χ1) is 13.2. The molecule has 5 nitrogen and oxygen atoms in total. The van der Waals surface area contributed by atoms with Crippen molar-refractivity contribution in [3.05, 3.63) is 66.0 Å². The van der Waals surface area contributed by atoms with Gasteiger partial charge in [0.25, 0.3) is 5.91 Å². The van der Waals surface area contributed by atoms with E-state index in [1.807, 2.05) is 23.1 Å². The van der Waals surface area contributed by atoms with Crippen LogP contribution < -0.4 is 4.74 Å². The highest BCUT2D eigenvalue weighted by Gasteiger charge is 2.37. The van der Waals surface area contributed by atoms with Crippen molar-refractivity contribution in [1.29, 1.82) is 0 Å². The minimum atomic E-state index is -0.375. The van der Waals surface area contributed by atoms with Crippen LogP contribution in [0, 0.1) is 5.82 Å². The molecule has 0 unspecified atom stereocenters. The van der Waals surface area contributed by atoms with E-state index in [1.165, 1.54) is 17.7 Å². The first-order valence-corrected chi connectivity index (χ1v) is 9.25. The number of piperazine rings is 1. The standard InChI is InChI=1S/C21H23FN2O3/c22-17-7-4-8-19(11-17)27-15-21(25)23-9-10-24-18(12-23)13-26-14-20(24)16-5-2-1-3-6-16/h1-8,11,18,20H,9-10,12-15H2/t18-,20-/m1/s1. The highest BCUT2D eigenvalue weighted by Crippen LogP contribution is 2.29. The van der Waals surface area contributed by atoms with Gasteiger partial charge in [-0.2, -0.15) is 0 Å². The van der Waals surface area contributed by atoms with Crippen LogP contribution in [0.15, 0.2) is 54.6 Å². The van der Waals surface area contributed by atoms with Gasteiger partial charge in [-0.15, -0.1) is 0 Å². The summed E-state index contributed by atoms with van der Waals surface area (Å²) in [6, 6.07) is 16.6. The quantitative estimate of drug-likeness (QED) is 0.829. The third-order valence-corrected chi connectivity index (χ3v) is 5.21. The molecule has 0 saturated carbocycles. The van der Waals surface area contributed by atoms with Crippen molar-refractivity contribution in [3.8, 4) is 5.75 Å². The van der Waals surface area contributed by atoms with Crippen LogP contribution in [0.4, 0.5) is 4.39 Å². The molecule has 0 bridgehead atoms. The Balaban J connectivity index is 1.36.